The van der Waals surface area contributed by atoms with Gasteiger partial charge in [0.25, 0.3) is 0 Å². The van der Waals surface area contributed by atoms with Gasteiger partial charge in [0.1, 0.15) is 6.04 Å². The summed E-state index contributed by atoms with van der Waals surface area (Å²) in [6, 6.07) is 6.54. The second kappa shape index (κ2) is 8.03. The summed E-state index contributed by atoms with van der Waals surface area (Å²) >= 11 is 0. The van der Waals surface area contributed by atoms with Crippen molar-refractivity contribution in [2.45, 2.75) is 31.7 Å². The first-order chi connectivity index (χ1) is 13.7. The maximum atomic E-state index is 12.7. The number of hydrogen-bond donors (Lipinski definition) is 1. The highest BCUT2D eigenvalue weighted by molar-refractivity contribution is 5.99. The summed E-state index contributed by atoms with van der Waals surface area (Å²) in [5.41, 5.74) is 0.739. The Morgan fingerprint density at radius 1 is 1.32 bits per heavy atom. The van der Waals surface area contributed by atoms with Gasteiger partial charge >= 0.3 is 0 Å². The Kier molecular flexibility index (Phi) is 5.14. The first-order valence-corrected chi connectivity index (χ1v) is 9.08. The zero-order valence-corrected chi connectivity index (χ0v) is 15.1. The van der Waals surface area contributed by atoms with Gasteiger partial charge < -0.3 is 19.2 Å². The number of anilines is 1. The van der Waals surface area contributed by atoms with Crippen molar-refractivity contribution in [3.8, 4) is 11.6 Å². The molecule has 1 unspecified atom stereocenters. The van der Waals surface area contributed by atoms with Crippen molar-refractivity contribution in [3.63, 3.8) is 0 Å². The Hall–Kier alpha value is -3.49. The fourth-order valence-electron chi connectivity index (χ4n) is 3.13. The monoisotopic (exact) mass is 381 g/mol. The standard InChI is InChI=1S/C19H19N5O4/c25-16(7-8-17-22-18(23-28-17)15-6-3-11-27-15)21-14-5-2-10-24(19(14)26)13-4-1-9-20-12-13/h1,3-4,6,9,11-12,14H,2,5,7-8,10H2,(H,21,25). The predicted octanol–water partition coefficient (Wildman–Crippen LogP) is 1.97. The number of carbonyl (C=O) groups excluding carboxylic acids is 2. The SMILES string of the molecule is O=C(CCc1nc(-c2ccco2)no1)NC1CCCN(c2cccnc2)C1=O. The fourth-order valence-corrected chi connectivity index (χ4v) is 3.13. The molecule has 0 radical (unpaired) electrons. The summed E-state index contributed by atoms with van der Waals surface area (Å²) in [6.07, 6.45) is 6.69. The van der Waals surface area contributed by atoms with Gasteiger partial charge in [-0.3, -0.25) is 14.6 Å². The lowest BCUT2D eigenvalue weighted by Gasteiger charge is -2.32. The van der Waals surface area contributed by atoms with E-state index < -0.39 is 6.04 Å². The minimum absolute atomic E-state index is 0.120. The summed E-state index contributed by atoms with van der Waals surface area (Å²) in [6.45, 7) is 0.619. The Balaban J connectivity index is 1.31. The number of piperidine rings is 1. The summed E-state index contributed by atoms with van der Waals surface area (Å²) in [4.78, 5) is 34.9. The van der Waals surface area contributed by atoms with Crippen molar-refractivity contribution in [1.29, 1.82) is 0 Å². The number of aryl methyl sites for hydroxylation is 1. The molecule has 4 rings (SSSR count). The largest absolute Gasteiger partial charge is 0.461 e. The molecule has 0 aromatic carbocycles. The topological polar surface area (TPSA) is 114 Å². The molecule has 1 N–H and O–H groups in total. The third-order valence-corrected chi connectivity index (χ3v) is 4.51. The minimum Gasteiger partial charge on any atom is -0.461 e. The van der Waals surface area contributed by atoms with Gasteiger partial charge in [-0.15, -0.1) is 0 Å². The van der Waals surface area contributed by atoms with Crippen LogP contribution in [0.3, 0.4) is 0 Å². The van der Waals surface area contributed by atoms with Crippen LogP contribution >= 0.6 is 0 Å². The van der Waals surface area contributed by atoms with Crippen LogP contribution in [0.4, 0.5) is 5.69 Å². The summed E-state index contributed by atoms with van der Waals surface area (Å²) < 4.78 is 10.3. The van der Waals surface area contributed by atoms with Crippen molar-refractivity contribution < 1.29 is 18.5 Å². The first-order valence-electron chi connectivity index (χ1n) is 9.08. The molecule has 0 bridgehead atoms. The predicted molar refractivity (Wildman–Crippen MR) is 98.1 cm³/mol. The molecule has 1 saturated heterocycles. The zero-order valence-electron chi connectivity index (χ0n) is 15.1. The van der Waals surface area contributed by atoms with Gasteiger partial charge in [-0.1, -0.05) is 5.16 Å². The Bertz CT molecular complexity index is 938. The van der Waals surface area contributed by atoms with Crippen LogP contribution in [0.1, 0.15) is 25.2 Å². The van der Waals surface area contributed by atoms with Gasteiger partial charge in [-0.25, -0.2) is 0 Å². The van der Waals surface area contributed by atoms with Crippen LogP contribution in [-0.4, -0.2) is 39.5 Å². The van der Waals surface area contributed by atoms with Crippen LogP contribution in [0.2, 0.25) is 0 Å². The molecule has 2 amide bonds. The van der Waals surface area contributed by atoms with Crippen molar-refractivity contribution in [3.05, 3.63) is 48.8 Å². The number of carbonyl (C=O) groups is 2. The molecule has 28 heavy (non-hydrogen) atoms. The summed E-state index contributed by atoms with van der Waals surface area (Å²) in [5, 5.41) is 6.64. The third kappa shape index (κ3) is 3.93. The van der Waals surface area contributed by atoms with Gasteiger partial charge in [0, 0.05) is 25.6 Å². The van der Waals surface area contributed by atoms with E-state index in [4.69, 9.17) is 8.94 Å². The van der Waals surface area contributed by atoms with Crippen LogP contribution in [0.5, 0.6) is 0 Å². The van der Waals surface area contributed by atoms with Crippen molar-refractivity contribution in [2.24, 2.45) is 0 Å². The fraction of sp³-hybridized carbons (Fsp3) is 0.316. The molecule has 4 heterocycles. The van der Waals surface area contributed by atoms with Crippen LogP contribution in [0, 0.1) is 0 Å². The molecular formula is C19H19N5O4. The van der Waals surface area contributed by atoms with Gasteiger partial charge in [-0.2, -0.15) is 4.98 Å². The molecule has 1 atom stereocenters. The van der Waals surface area contributed by atoms with Crippen LogP contribution in [0.15, 0.2) is 51.9 Å². The van der Waals surface area contributed by atoms with E-state index in [-0.39, 0.29) is 24.7 Å². The highest BCUT2D eigenvalue weighted by Gasteiger charge is 2.30. The van der Waals surface area contributed by atoms with E-state index >= 15 is 0 Å². The van der Waals surface area contributed by atoms with E-state index in [1.165, 1.54) is 6.26 Å². The molecule has 9 nitrogen and oxygen atoms in total. The van der Waals surface area contributed by atoms with E-state index in [1.807, 2.05) is 6.07 Å². The van der Waals surface area contributed by atoms with Crippen LogP contribution < -0.4 is 10.2 Å². The van der Waals surface area contributed by atoms with Gasteiger partial charge in [0.2, 0.25) is 23.5 Å². The number of aromatic nitrogens is 3. The number of nitrogens with zero attached hydrogens (tertiary/aromatic N) is 4. The number of amides is 2. The Labute approximate surface area is 160 Å². The number of hydrogen-bond acceptors (Lipinski definition) is 7. The second-order valence-electron chi connectivity index (χ2n) is 6.45. The zero-order chi connectivity index (χ0) is 19.3. The smallest absolute Gasteiger partial charge is 0.249 e. The highest BCUT2D eigenvalue weighted by Crippen LogP contribution is 2.20. The van der Waals surface area contributed by atoms with Crippen LogP contribution in [-0.2, 0) is 16.0 Å². The molecule has 1 aliphatic rings. The molecule has 0 aliphatic carbocycles. The van der Waals surface area contributed by atoms with Gasteiger partial charge in [0.05, 0.1) is 18.1 Å². The highest BCUT2D eigenvalue weighted by atomic mass is 16.5. The molecule has 1 fully saturated rings. The third-order valence-electron chi connectivity index (χ3n) is 4.51. The van der Waals surface area contributed by atoms with Crippen molar-refractivity contribution in [2.75, 3.05) is 11.4 Å². The maximum Gasteiger partial charge on any atom is 0.249 e. The van der Waals surface area contributed by atoms with E-state index in [0.29, 0.717) is 30.4 Å². The minimum atomic E-state index is -0.539. The molecule has 3 aromatic rings. The molecule has 144 valence electrons. The van der Waals surface area contributed by atoms with Crippen LogP contribution in [0.25, 0.3) is 11.6 Å². The van der Waals surface area contributed by atoms with Crippen molar-refractivity contribution >= 4 is 17.5 Å². The van der Waals surface area contributed by atoms with E-state index in [2.05, 4.69) is 20.4 Å². The average Bonchev–Trinajstić information content (AvgIpc) is 3.40. The number of pyridine rings is 1. The lowest BCUT2D eigenvalue weighted by molar-refractivity contribution is -0.128. The van der Waals surface area contributed by atoms with Gasteiger partial charge in [0.15, 0.2) is 5.76 Å². The molecule has 0 saturated carbocycles. The number of nitrogens with one attached hydrogen (secondary N) is 1. The molecule has 3 aromatic heterocycles. The number of furan rings is 1. The Morgan fingerprint density at radius 3 is 3.04 bits per heavy atom. The molecule has 0 spiro atoms. The molecule has 1 aliphatic heterocycles. The number of rotatable bonds is 6. The summed E-state index contributed by atoms with van der Waals surface area (Å²) in [5.74, 6) is 0.834. The second-order valence-corrected chi connectivity index (χ2v) is 6.45. The lowest BCUT2D eigenvalue weighted by atomic mass is 10.0. The lowest BCUT2D eigenvalue weighted by Crippen LogP contribution is -2.52. The average molecular weight is 381 g/mol. The van der Waals surface area contributed by atoms with Gasteiger partial charge in [-0.05, 0) is 37.1 Å². The Morgan fingerprint density at radius 2 is 2.25 bits per heavy atom. The van der Waals surface area contributed by atoms with Crippen molar-refractivity contribution in [1.82, 2.24) is 20.4 Å². The summed E-state index contributed by atoms with van der Waals surface area (Å²) in [7, 11) is 0. The normalized spacial score (nSPS) is 16.9. The maximum absolute atomic E-state index is 12.7. The quantitative estimate of drug-likeness (QED) is 0.694. The first kappa shape index (κ1) is 17.9. The van der Waals surface area contributed by atoms with E-state index in [0.717, 1.165) is 12.1 Å². The van der Waals surface area contributed by atoms with E-state index in [1.54, 1.807) is 35.5 Å². The van der Waals surface area contributed by atoms with E-state index in [9.17, 15) is 9.59 Å². The molecule has 9 heteroatoms. The molecular weight excluding hydrogens is 362 g/mol.